The molecule has 2 rings (SSSR count). The van der Waals surface area contributed by atoms with E-state index in [4.69, 9.17) is 14.2 Å². The van der Waals surface area contributed by atoms with Crippen LogP contribution in [0.25, 0.3) is 0 Å². The number of hydrogen-bond donors (Lipinski definition) is 2. The molecule has 0 aliphatic heterocycles. The zero-order valence-electron chi connectivity index (χ0n) is 13.9. The molecule has 1 saturated carbocycles. The van der Waals surface area contributed by atoms with Crippen LogP contribution in [0.15, 0.2) is 18.2 Å². The van der Waals surface area contributed by atoms with E-state index in [-0.39, 0.29) is 6.03 Å². The standard InChI is InChI=1S/C17H26N2O4/c1-21-14-10-15(22-2)12-16(11-14)23-9-8-18-17(20)19-13-6-4-3-5-7-13/h10-13H,3-9H2,1-2H3,(H2,18,19,20). The summed E-state index contributed by atoms with van der Waals surface area (Å²) in [7, 11) is 3.19. The molecule has 0 aromatic heterocycles. The number of hydrogen-bond acceptors (Lipinski definition) is 4. The first-order valence-electron chi connectivity index (χ1n) is 8.11. The van der Waals surface area contributed by atoms with Gasteiger partial charge in [0.15, 0.2) is 0 Å². The van der Waals surface area contributed by atoms with Gasteiger partial charge in [0.05, 0.1) is 20.8 Å². The van der Waals surface area contributed by atoms with Crippen molar-refractivity contribution in [3.8, 4) is 17.2 Å². The molecule has 2 amide bonds. The van der Waals surface area contributed by atoms with Crippen LogP contribution in [-0.4, -0.2) is 39.4 Å². The van der Waals surface area contributed by atoms with Gasteiger partial charge in [0.25, 0.3) is 0 Å². The van der Waals surface area contributed by atoms with Gasteiger partial charge in [-0.1, -0.05) is 19.3 Å². The zero-order valence-corrected chi connectivity index (χ0v) is 13.9. The summed E-state index contributed by atoms with van der Waals surface area (Å²) in [6, 6.07) is 5.54. The number of benzene rings is 1. The Hall–Kier alpha value is -2.11. The minimum absolute atomic E-state index is 0.122. The van der Waals surface area contributed by atoms with Crippen LogP contribution in [0.2, 0.25) is 0 Å². The van der Waals surface area contributed by atoms with E-state index in [1.54, 1.807) is 32.4 Å². The van der Waals surface area contributed by atoms with E-state index in [1.165, 1.54) is 19.3 Å². The van der Waals surface area contributed by atoms with Gasteiger partial charge in [0.2, 0.25) is 0 Å². The normalized spacial score (nSPS) is 14.9. The molecule has 6 nitrogen and oxygen atoms in total. The molecule has 0 atom stereocenters. The minimum Gasteiger partial charge on any atom is -0.496 e. The molecule has 1 aromatic rings. The number of nitrogens with one attached hydrogen (secondary N) is 2. The summed E-state index contributed by atoms with van der Waals surface area (Å²) in [6.45, 7) is 0.826. The van der Waals surface area contributed by atoms with Gasteiger partial charge in [-0.05, 0) is 12.8 Å². The molecule has 1 aliphatic rings. The van der Waals surface area contributed by atoms with Gasteiger partial charge in [-0.25, -0.2) is 4.79 Å². The molecular formula is C17H26N2O4. The third kappa shape index (κ3) is 5.88. The molecule has 6 heteroatoms. The fourth-order valence-electron chi connectivity index (χ4n) is 2.68. The fraction of sp³-hybridized carbons (Fsp3) is 0.588. The van der Waals surface area contributed by atoms with Gasteiger partial charge in [0, 0.05) is 24.2 Å². The first kappa shape index (κ1) is 17.2. The van der Waals surface area contributed by atoms with Gasteiger partial charge in [0.1, 0.15) is 23.9 Å². The maximum atomic E-state index is 11.8. The Morgan fingerprint density at radius 1 is 1.04 bits per heavy atom. The molecule has 23 heavy (non-hydrogen) atoms. The number of amides is 2. The summed E-state index contributed by atoms with van der Waals surface area (Å²) in [5.41, 5.74) is 0. The highest BCUT2D eigenvalue weighted by molar-refractivity contribution is 5.74. The summed E-state index contributed by atoms with van der Waals surface area (Å²) >= 11 is 0. The van der Waals surface area contributed by atoms with Crippen LogP contribution in [0.3, 0.4) is 0 Å². The maximum absolute atomic E-state index is 11.8. The third-order valence-electron chi connectivity index (χ3n) is 3.92. The van der Waals surface area contributed by atoms with E-state index in [2.05, 4.69) is 10.6 Å². The predicted molar refractivity (Wildman–Crippen MR) is 88.4 cm³/mol. The van der Waals surface area contributed by atoms with E-state index >= 15 is 0 Å². The first-order chi connectivity index (χ1) is 11.2. The molecule has 1 aliphatic carbocycles. The molecule has 1 aromatic carbocycles. The van der Waals surface area contributed by atoms with Crippen LogP contribution in [0, 0.1) is 0 Å². The van der Waals surface area contributed by atoms with Gasteiger partial charge >= 0.3 is 6.03 Å². The topological polar surface area (TPSA) is 68.8 Å². The van der Waals surface area contributed by atoms with E-state index in [0.717, 1.165) is 12.8 Å². The largest absolute Gasteiger partial charge is 0.496 e. The van der Waals surface area contributed by atoms with E-state index in [1.807, 2.05) is 0 Å². The highest BCUT2D eigenvalue weighted by atomic mass is 16.5. The lowest BCUT2D eigenvalue weighted by molar-refractivity contribution is 0.228. The van der Waals surface area contributed by atoms with Crippen molar-refractivity contribution in [1.29, 1.82) is 0 Å². The van der Waals surface area contributed by atoms with Crippen molar-refractivity contribution in [1.82, 2.24) is 10.6 Å². The predicted octanol–water partition coefficient (Wildman–Crippen LogP) is 2.71. The van der Waals surface area contributed by atoms with Gasteiger partial charge in [-0.3, -0.25) is 0 Å². The van der Waals surface area contributed by atoms with Crippen LogP contribution in [0.4, 0.5) is 4.79 Å². The second-order valence-corrected chi connectivity index (χ2v) is 5.63. The molecule has 0 saturated heterocycles. The molecule has 0 heterocycles. The lowest BCUT2D eigenvalue weighted by Crippen LogP contribution is -2.44. The van der Waals surface area contributed by atoms with Crippen molar-refractivity contribution >= 4 is 6.03 Å². The Labute approximate surface area is 137 Å². The third-order valence-corrected chi connectivity index (χ3v) is 3.92. The van der Waals surface area contributed by atoms with Crippen LogP contribution in [0.1, 0.15) is 32.1 Å². The number of ether oxygens (including phenoxy) is 3. The number of methoxy groups -OCH3 is 2. The van der Waals surface area contributed by atoms with Crippen LogP contribution < -0.4 is 24.8 Å². The summed E-state index contributed by atoms with van der Waals surface area (Å²) in [4.78, 5) is 11.8. The van der Waals surface area contributed by atoms with E-state index < -0.39 is 0 Å². The Morgan fingerprint density at radius 3 is 2.26 bits per heavy atom. The quantitative estimate of drug-likeness (QED) is 0.757. The molecular weight excluding hydrogens is 296 g/mol. The van der Waals surface area contributed by atoms with Crippen LogP contribution in [0.5, 0.6) is 17.2 Å². The second kappa shape index (κ2) is 9.12. The molecule has 0 unspecified atom stereocenters. The van der Waals surface area contributed by atoms with Crippen LogP contribution in [-0.2, 0) is 0 Å². The van der Waals surface area contributed by atoms with Gasteiger partial charge in [-0.2, -0.15) is 0 Å². The SMILES string of the molecule is COc1cc(OC)cc(OCCNC(=O)NC2CCCCC2)c1. The number of urea groups is 1. The highest BCUT2D eigenvalue weighted by Crippen LogP contribution is 2.27. The average Bonchev–Trinajstić information content (AvgIpc) is 2.59. The summed E-state index contributed by atoms with van der Waals surface area (Å²) in [6.07, 6.45) is 5.83. The monoisotopic (exact) mass is 322 g/mol. The Bertz CT molecular complexity index is 479. The van der Waals surface area contributed by atoms with E-state index in [9.17, 15) is 4.79 Å². The summed E-state index contributed by atoms with van der Waals surface area (Å²) < 4.78 is 16.0. The van der Waals surface area contributed by atoms with Crippen LogP contribution >= 0.6 is 0 Å². The molecule has 128 valence electrons. The fourth-order valence-corrected chi connectivity index (χ4v) is 2.68. The number of carbonyl (C=O) groups is 1. The molecule has 0 bridgehead atoms. The van der Waals surface area contributed by atoms with Crippen molar-refractivity contribution in [2.75, 3.05) is 27.4 Å². The van der Waals surface area contributed by atoms with Gasteiger partial charge in [-0.15, -0.1) is 0 Å². The smallest absolute Gasteiger partial charge is 0.315 e. The first-order valence-corrected chi connectivity index (χ1v) is 8.11. The Kier molecular flexibility index (Phi) is 6.84. The summed E-state index contributed by atoms with van der Waals surface area (Å²) in [5.74, 6) is 1.99. The van der Waals surface area contributed by atoms with Crippen molar-refractivity contribution < 1.29 is 19.0 Å². The average molecular weight is 322 g/mol. The minimum atomic E-state index is -0.122. The molecule has 2 N–H and O–H groups in total. The molecule has 0 radical (unpaired) electrons. The highest BCUT2D eigenvalue weighted by Gasteiger charge is 2.15. The maximum Gasteiger partial charge on any atom is 0.315 e. The Balaban J connectivity index is 1.69. The summed E-state index contributed by atoms with van der Waals surface area (Å²) in [5, 5.41) is 5.83. The lowest BCUT2D eigenvalue weighted by atomic mass is 9.96. The Morgan fingerprint density at radius 2 is 1.65 bits per heavy atom. The van der Waals surface area contributed by atoms with Gasteiger partial charge < -0.3 is 24.8 Å². The molecule has 1 fully saturated rings. The zero-order chi connectivity index (χ0) is 16.5. The second-order valence-electron chi connectivity index (χ2n) is 5.63. The van der Waals surface area contributed by atoms with Crippen molar-refractivity contribution in [3.63, 3.8) is 0 Å². The van der Waals surface area contributed by atoms with Crippen molar-refractivity contribution in [2.45, 2.75) is 38.1 Å². The number of carbonyl (C=O) groups excluding carboxylic acids is 1. The molecule has 0 spiro atoms. The van der Waals surface area contributed by atoms with E-state index in [0.29, 0.717) is 36.4 Å². The van der Waals surface area contributed by atoms with Crippen molar-refractivity contribution in [2.24, 2.45) is 0 Å². The lowest BCUT2D eigenvalue weighted by Gasteiger charge is -2.22. The van der Waals surface area contributed by atoms with Crippen molar-refractivity contribution in [3.05, 3.63) is 18.2 Å². The number of rotatable bonds is 7.